The van der Waals surface area contributed by atoms with E-state index in [9.17, 15) is 4.79 Å². The maximum Gasteiger partial charge on any atom is 0.271 e. The van der Waals surface area contributed by atoms with Crippen LogP contribution >= 0.6 is 11.3 Å². The molecule has 3 aromatic rings. The molecule has 0 aliphatic carbocycles. The number of rotatable bonds is 2. The Morgan fingerprint density at radius 1 is 1.38 bits per heavy atom. The number of H-pyrrole nitrogens is 1. The molecule has 6 nitrogen and oxygen atoms in total. The normalized spacial score (nSPS) is 21.5. The lowest BCUT2D eigenvalue weighted by Crippen LogP contribution is -2.47. The fourth-order valence-electron chi connectivity index (χ4n) is 3.53. The van der Waals surface area contributed by atoms with Crippen molar-refractivity contribution in [3.8, 4) is 10.4 Å². The second kappa shape index (κ2) is 5.53. The van der Waals surface area contributed by atoms with E-state index in [4.69, 9.17) is 4.98 Å². The molecule has 4 heterocycles. The molecule has 1 atom stereocenters. The summed E-state index contributed by atoms with van der Waals surface area (Å²) in [6.07, 6.45) is 5.13. The third kappa shape index (κ3) is 2.31. The van der Waals surface area contributed by atoms with E-state index >= 15 is 0 Å². The third-order valence-electron chi connectivity index (χ3n) is 4.96. The van der Waals surface area contributed by atoms with Crippen LogP contribution in [0.5, 0.6) is 0 Å². The van der Waals surface area contributed by atoms with Crippen molar-refractivity contribution in [2.75, 3.05) is 6.54 Å². The number of hydrogen-bond donors (Lipinski definition) is 2. The first-order valence-corrected chi connectivity index (χ1v) is 9.08. The van der Waals surface area contributed by atoms with E-state index in [1.165, 1.54) is 17.8 Å². The van der Waals surface area contributed by atoms with Gasteiger partial charge in [-0.3, -0.25) is 14.5 Å². The first-order valence-electron chi connectivity index (χ1n) is 8.26. The lowest BCUT2D eigenvalue weighted by Gasteiger charge is -2.35. The number of fused-ring (bicyclic) bond motifs is 1. The quantitative estimate of drug-likeness (QED) is 0.750. The zero-order valence-electron chi connectivity index (χ0n) is 14.1. The number of nitrogens with zero attached hydrogens (tertiary/aromatic N) is 3. The number of thiophene rings is 1. The minimum atomic E-state index is -0.242. The van der Waals surface area contributed by atoms with Crippen LogP contribution in [0.25, 0.3) is 20.7 Å². The maximum absolute atomic E-state index is 12.9. The summed E-state index contributed by atoms with van der Waals surface area (Å²) in [6.45, 7) is 5.09. The lowest BCUT2D eigenvalue weighted by atomic mass is 9.90. The van der Waals surface area contributed by atoms with Gasteiger partial charge in [-0.05, 0) is 45.7 Å². The monoisotopic (exact) mass is 343 g/mol. The molecule has 4 rings (SSSR count). The molecule has 0 saturated carbocycles. The second-order valence-corrected chi connectivity index (χ2v) is 7.80. The predicted molar refractivity (Wildman–Crippen MR) is 96.4 cm³/mol. The van der Waals surface area contributed by atoms with Crippen molar-refractivity contribution in [2.24, 2.45) is 7.05 Å². The summed E-state index contributed by atoms with van der Waals surface area (Å²) in [4.78, 5) is 18.8. The molecule has 0 aromatic carbocycles. The van der Waals surface area contributed by atoms with Crippen LogP contribution in [0.4, 0.5) is 0 Å². The van der Waals surface area contributed by atoms with Crippen LogP contribution in [0.2, 0.25) is 0 Å². The van der Waals surface area contributed by atoms with E-state index in [1.54, 1.807) is 10.8 Å². The van der Waals surface area contributed by atoms with Crippen molar-refractivity contribution in [2.45, 2.75) is 38.6 Å². The van der Waals surface area contributed by atoms with Gasteiger partial charge in [0.1, 0.15) is 10.5 Å². The maximum atomic E-state index is 12.9. The molecule has 126 valence electrons. The van der Waals surface area contributed by atoms with Crippen molar-refractivity contribution < 1.29 is 0 Å². The molecule has 7 heteroatoms. The molecule has 0 spiro atoms. The fourth-order valence-corrected chi connectivity index (χ4v) is 4.67. The van der Waals surface area contributed by atoms with Crippen LogP contribution in [-0.4, -0.2) is 26.3 Å². The summed E-state index contributed by atoms with van der Waals surface area (Å²) in [7, 11) is 1.83. The number of aromatic amines is 1. The van der Waals surface area contributed by atoms with Crippen molar-refractivity contribution >= 4 is 21.6 Å². The van der Waals surface area contributed by atoms with Crippen LogP contribution in [-0.2, 0) is 12.6 Å². The summed E-state index contributed by atoms with van der Waals surface area (Å²) in [6, 6.07) is 2.01. The number of piperidine rings is 1. The number of aromatic nitrogens is 4. The Bertz CT molecular complexity index is 961. The molecule has 2 N–H and O–H groups in total. The minimum Gasteiger partial charge on any atom is -0.305 e. The highest BCUT2D eigenvalue weighted by atomic mass is 32.1. The van der Waals surface area contributed by atoms with Gasteiger partial charge in [0.15, 0.2) is 0 Å². The minimum absolute atomic E-state index is 0.0287. The lowest BCUT2D eigenvalue weighted by molar-refractivity contribution is 0.260. The van der Waals surface area contributed by atoms with Crippen LogP contribution in [0, 0.1) is 6.92 Å². The third-order valence-corrected chi connectivity index (χ3v) is 6.11. The number of hydrogen-bond acceptors (Lipinski definition) is 5. The van der Waals surface area contributed by atoms with Gasteiger partial charge in [-0.25, -0.2) is 4.98 Å². The summed E-state index contributed by atoms with van der Waals surface area (Å²) in [5.41, 5.74) is 2.60. The molecular formula is C17H21N5OS. The van der Waals surface area contributed by atoms with E-state index in [-0.39, 0.29) is 11.1 Å². The standard InChI is InChI=1S/C17H21N5OS/c1-10-11(9-19-21-10)13-8-12-14(24-13)15(23)22(3)16(20-12)17(2)6-4-5-7-18-17/h8-9,18H,4-7H2,1-3H3,(H,19,21)/t17-/m0/s1. The van der Waals surface area contributed by atoms with Crippen LogP contribution in [0.15, 0.2) is 17.1 Å². The summed E-state index contributed by atoms with van der Waals surface area (Å²) < 4.78 is 2.42. The summed E-state index contributed by atoms with van der Waals surface area (Å²) in [5.74, 6) is 0.827. The average Bonchev–Trinajstić information content (AvgIpc) is 3.17. The van der Waals surface area contributed by atoms with Gasteiger partial charge in [0.05, 0.1) is 17.3 Å². The average molecular weight is 343 g/mol. The van der Waals surface area contributed by atoms with Gasteiger partial charge in [-0.1, -0.05) is 0 Å². The van der Waals surface area contributed by atoms with Crippen LogP contribution in [0.3, 0.4) is 0 Å². The Balaban J connectivity index is 1.90. The van der Waals surface area contributed by atoms with Crippen molar-refractivity contribution in [3.05, 3.63) is 34.1 Å². The number of nitrogens with one attached hydrogen (secondary N) is 2. The Morgan fingerprint density at radius 3 is 2.88 bits per heavy atom. The van der Waals surface area contributed by atoms with Crippen molar-refractivity contribution in [1.29, 1.82) is 0 Å². The highest BCUT2D eigenvalue weighted by Crippen LogP contribution is 2.34. The molecule has 0 unspecified atom stereocenters. The van der Waals surface area contributed by atoms with Gasteiger partial charge in [-0.2, -0.15) is 5.10 Å². The van der Waals surface area contributed by atoms with Crippen molar-refractivity contribution in [1.82, 2.24) is 25.1 Å². The molecule has 1 fully saturated rings. The van der Waals surface area contributed by atoms with Gasteiger partial charge >= 0.3 is 0 Å². The Labute approximate surface area is 143 Å². The summed E-state index contributed by atoms with van der Waals surface area (Å²) in [5, 5.41) is 10.6. The van der Waals surface area contributed by atoms with Gasteiger partial charge in [0, 0.05) is 23.2 Å². The van der Waals surface area contributed by atoms with Gasteiger partial charge in [0.2, 0.25) is 0 Å². The second-order valence-electron chi connectivity index (χ2n) is 6.75. The van der Waals surface area contributed by atoms with Crippen LogP contribution < -0.4 is 10.9 Å². The smallest absolute Gasteiger partial charge is 0.271 e. The molecule has 0 amide bonds. The van der Waals surface area contributed by atoms with E-state index < -0.39 is 0 Å². The Hall–Kier alpha value is -1.99. The molecule has 0 bridgehead atoms. The SMILES string of the molecule is Cc1[nH]ncc1-c1cc2nc([C@]3(C)CCCCN3)n(C)c(=O)c2s1. The first-order chi connectivity index (χ1) is 11.5. The van der Waals surface area contributed by atoms with E-state index in [0.717, 1.165) is 46.9 Å². The molecule has 0 radical (unpaired) electrons. The molecule has 1 aliphatic rings. The largest absolute Gasteiger partial charge is 0.305 e. The Kier molecular flexibility index (Phi) is 3.58. The van der Waals surface area contributed by atoms with Gasteiger partial charge < -0.3 is 5.32 Å². The van der Waals surface area contributed by atoms with Crippen molar-refractivity contribution in [3.63, 3.8) is 0 Å². The fraction of sp³-hybridized carbons (Fsp3) is 0.471. The molecule has 3 aromatic heterocycles. The molecule has 24 heavy (non-hydrogen) atoms. The molecule has 1 saturated heterocycles. The summed E-state index contributed by atoms with van der Waals surface area (Å²) >= 11 is 1.49. The van der Waals surface area contributed by atoms with Gasteiger partial charge in [0.25, 0.3) is 5.56 Å². The van der Waals surface area contributed by atoms with E-state index in [1.807, 2.05) is 20.0 Å². The van der Waals surface area contributed by atoms with E-state index in [0.29, 0.717) is 4.70 Å². The zero-order chi connectivity index (χ0) is 16.9. The topological polar surface area (TPSA) is 75.6 Å². The predicted octanol–water partition coefficient (Wildman–Crippen LogP) is 2.68. The zero-order valence-corrected chi connectivity index (χ0v) is 15.0. The highest BCUT2D eigenvalue weighted by molar-refractivity contribution is 7.22. The van der Waals surface area contributed by atoms with Crippen LogP contribution in [0.1, 0.15) is 37.7 Å². The van der Waals surface area contributed by atoms with Gasteiger partial charge in [-0.15, -0.1) is 11.3 Å². The molecule has 1 aliphatic heterocycles. The van der Waals surface area contributed by atoms with E-state index in [2.05, 4.69) is 22.4 Å². The number of aryl methyl sites for hydroxylation is 1. The molecular weight excluding hydrogens is 322 g/mol. The first kappa shape index (κ1) is 15.5. The highest BCUT2D eigenvalue weighted by Gasteiger charge is 2.33. The Morgan fingerprint density at radius 2 is 2.21 bits per heavy atom.